The Morgan fingerprint density at radius 3 is 1.29 bits per heavy atom. The second kappa shape index (κ2) is 13.0. The van der Waals surface area contributed by atoms with Crippen molar-refractivity contribution >= 4 is 67.1 Å². The number of rotatable bonds is 12. The average molecular weight is 579 g/mol. The minimum atomic E-state index is 0.246. The molecule has 2 N–H and O–H groups in total. The lowest BCUT2D eigenvalue weighted by Gasteiger charge is -2.11. The van der Waals surface area contributed by atoms with Gasteiger partial charge < -0.3 is 10.2 Å². The molecule has 2 aromatic heterocycles. The molecule has 6 heteroatoms. The van der Waals surface area contributed by atoms with Gasteiger partial charge in [0.25, 0.3) is 0 Å². The van der Waals surface area contributed by atoms with Crippen molar-refractivity contribution < 1.29 is 10.2 Å². The van der Waals surface area contributed by atoms with Crippen molar-refractivity contribution in [3.05, 3.63) is 84.9 Å². The van der Waals surface area contributed by atoms with Crippen LogP contribution < -0.4 is 0 Å². The highest BCUT2D eigenvalue weighted by molar-refractivity contribution is 8.00. The number of aromatic hydroxyl groups is 2. The van der Waals surface area contributed by atoms with Crippen LogP contribution in [0, 0.1) is 0 Å². The summed E-state index contributed by atoms with van der Waals surface area (Å²) in [6.45, 7) is 0. The van der Waals surface area contributed by atoms with E-state index in [1.54, 1.807) is 12.1 Å². The molecule has 41 heavy (non-hydrogen) atoms. The summed E-state index contributed by atoms with van der Waals surface area (Å²) >= 11 is 3.78. The molecule has 0 spiro atoms. The van der Waals surface area contributed by atoms with E-state index in [-0.39, 0.29) is 11.5 Å². The molecule has 6 aromatic rings. The average Bonchev–Trinajstić information content (AvgIpc) is 3.00. The molecule has 0 saturated heterocycles. The zero-order valence-corrected chi connectivity index (χ0v) is 24.7. The van der Waals surface area contributed by atoms with Crippen LogP contribution in [0.15, 0.2) is 94.7 Å². The van der Waals surface area contributed by atoms with Gasteiger partial charge in [-0.05, 0) is 48.6 Å². The molecule has 0 radical (unpaired) electrons. The third-order valence-electron chi connectivity index (χ3n) is 7.56. The molecule has 2 heterocycles. The third-order valence-corrected chi connectivity index (χ3v) is 10.0. The minimum absolute atomic E-state index is 0.246. The van der Waals surface area contributed by atoms with Crippen LogP contribution in [0.5, 0.6) is 11.5 Å². The van der Waals surface area contributed by atoms with Crippen LogP contribution in [0.4, 0.5) is 0 Å². The fourth-order valence-corrected chi connectivity index (χ4v) is 7.87. The molecule has 4 aromatic carbocycles. The van der Waals surface area contributed by atoms with Gasteiger partial charge in [0.05, 0.1) is 11.0 Å². The number of para-hydroxylation sites is 4. The molecule has 0 aliphatic rings. The molecular weight excluding hydrogens is 545 g/mol. The number of pyridine rings is 2. The van der Waals surface area contributed by atoms with E-state index < -0.39 is 0 Å². The van der Waals surface area contributed by atoms with E-state index in [2.05, 4.69) is 36.4 Å². The smallest absolute Gasteiger partial charge is 0.141 e. The minimum Gasteiger partial charge on any atom is -0.506 e. The molecule has 0 saturated carbocycles. The maximum absolute atomic E-state index is 10.4. The van der Waals surface area contributed by atoms with Crippen LogP contribution in [-0.2, 0) is 0 Å². The van der Waals surface area contributed by atoms with E-state index >= 15 is 0 Å². The Morgan fingerprint density at radius 1 is 0.439 bits per heavy atom. The Hall–Kier alpha value is -3.48. The first-order valence-corrected chi connectivity index (χ1v) is 16.4. The zero-order valence-electron chi connectivity index (χ0n) is 23.1. The number of hydrogen-bond donors (Lipinski definition) is 2. The van der Waals surface area contributed by atoms with Gasteiger partial charge in [0.1, 0.15) is 22.5 Å². The van der Waals surface area contributed by atoms with Crippen LogP contribution in [0.1, 0.15) is 44.9 Å². The molecule has 0 fully saturated rings. The predicted octanol–water partition coefficient (Wildman–Crippen LogP) is 10.1. The number of unbranched alkanes of at least 4 members (excludes halogenated alkanes) is 6. The highest BCUT2D eigenvalue weighted by Crippen LogP contribution is 2.38. The van der Waals surface area contributed by atoms with Gasteiger partial charge in [-0.1, -0.05) is 92.8 Å². The van der Waals surface area contributed by atoms with E-state index in [0.717, 1.165) is 44.1 Å². The SMILES string of the molecule is Oc1cccc2c(SCCCCCCCCCSc3c4ccccc4nc4c(O)cccc34)c3ccccc3nc12. The van der Waals surface area contributed by atoms with Gasteiger partial charge >= 0.3 is 0 Å². The van der Waals surface area contributed by atoms with Crippen molar-refractivity contribution in [1.29, 1.82) is 0 Å². The van der Waals surface area contributed by atoms with Gasteiger partial charge in [0, 0.05) is 31.3 Å². The van der Waals surface area contributed by atoms with Crippen molar-refractivity contribution in [3.8, 4) is 11.5 Å². The second-order valence-electron chi connectivity index (χ2n) is 10.4. The number of thioether (sulfide) groups is 2. The van der Waals surface area contributed by atoms with Crippen molar-refractivity contribution in [2.24, 2.45) is 0 Å². The summed E-state index contributed by atoms with van der Waals surface area (Å²) in [6, 6.07) is 27.8. The van der Waals surface area contributed by atoms with Crippen LogP contribution >= 0.6 is 23.5 Å². The lowest BCUT2D eigenvalue weighted by molar-refractivity contribution is 0.480. The molecular formula is C35H34N2O2S2. The number of nitrogens with zero attached hydrogens (tertiary/aromatic N) is 2. The molecule has 0 atom stereocenters. The van der Waals surface area contributed by atoms with Crippen LogP contribution in [0.25, 0.3) is 43.6 Å². The van der Waals surface area contributed by atoms with Gasteiger partial charge in [-0.25, -0.2) is 9.97 Å². The van der Waals surface area contributed by atoms with E-state index in [1.165, 1.54) is 54.7 Å². The Bertz CT molecular complexity index is 1690. The molecule has 4 nitrogen and oxygen atoms in total. The van der Waals surface area contributed by atoms with Crippen LogP contribution in [0.3, 0.4) is 0 Å². The number of fused-ring (bicyclic) bond motifs is 4. The van der Waals surface area contributed by atoms with Crippen molar-refractivity contribution in [2.75, 3.05) is 11.5 Å². The van der Waals surface area contributed by atoms with Gasteiger partial charge in [-0.2, -0.15) is 0 Å². The number of phenolic OH excluding ortho intramolecular Hbond substituents is 2. The van der Waals surface area contributed by atoms with Gasteiger partial charge in [0.2, 0.25) is 0 Å². The first-order chi connectivity index (χ1) is 20.2. The third kappa shape index (κ3) is 6.09. The summed E-state index contributed by atoms with van der Waals surface area (Å²) < 4.78 is 0. The highest BCUT2D eigenvalue weighted by atomic mass is 32.2. The Balaban J connectivity index is 0.949. The lowest BCUT2D eigenvalue weighted by atomic mass is 10.1. The number of phenols is 2. The molecule has 0 amide bonds. The fraction of sp³-hybridized carbons (Fsp3) is 0.257. The van der Waals surface area contributed by atoms with Crippen LogP contribution in [0.2, 0.25) is 0 Å². The number of benzene rings is 4. The molecule has 208 valence electrons. The standard InChI is InChI=1S/C35H34N2O2S2/c38-30-20-12-16-26-32(30)36-28-18-8-6-14-24(28)34(26)40-22-10-4-2-1-3-5-11-23-41-35-25-15-7-9-19-29(25)37-33-27(35)17-13-21-31(33)39/h6-9,12-21,38-39H,1-5,10-11,22-23H2. The summed E-state index contributed by atoms with van der Waals surface area (Å²) in [5, 5.41) is 25.1. The van der Waals surface area contributed by atoms with Crippen molar-refractivity contribution in [1.82, 2.24) is 9.97 Å². The van der Waals surface area contributed by atoms with Crippen molar-refractivity contribution in [3.63, 3.8) is 0 Å². The van der Waals surface area contributed by atoms with E-state index in [1.807, 2.05) is 59.9 Å². The summed E-state index contributed by atoms with van der Waals surface area (Å²) in [4.78, 5) is 11.9. The second-order valence-corrected chi connectivity index (χ2v) is 12.6. The van der Waals surface area contributed by atoms with Crippen molar-refractivity contribution in [2.45, 2.75) is 54.7 Å². The van der Waals surface area contributed by atoms with Crippen LogP contribution in [-0.4, -0.2) is 31.7 Å². The van der Waals surface area contributed by atoms with E-state index in [0.29, 0.717) is 11.0 Å². The maximum Gasteiger partial charge on any atom is 0.141 e. The predicted molar refractivity (Wildman–Crippen MR) is 176 cm³/mol. The summed E-state index contributed by atoms with van der Waals surface area (Å²) in [6.07, 6.45) is 8.67. The number of aromatic nitrogens is 2. The normalized spacial score (nSPS) is 11.7. The molecule has 6 rings (SSSR count). The summed E-state index contributed by atoms with van der Waals surface area (Å²) in [7, 11) is 0. The maximum atomic E-state index is 10.4. The van der Waals surface area contributed by atoms with E-state index in [4.69, 9.17) is 9.97 Å². The monoisotopic (exact) mass is 578 g/mol. The topological polar surface area (TPSA) is 66.2 Å². The van der Waals surface area contributed by atoms with Gasteiger partial charge in [0.15, 0.2) is 0 Å². The molecule has 0 unspecified atom stereocenters. The Labute approximate surface area is 249 Å². The zero-order chi connectivity index (χ0) is 28.0. The first kappa shape index (κ1) is 27.7. The Kier molecular flexibility index (Phi) is 8.78. The Morgan fingerprint density at radius 2 is 0.829 bits per heavy atom. The fourth-order valence-electron chi connectivity index (χ4n) is 5.47. The van der Waals surface area contributed by atoms with E-state index in [9.17, 15) is 10.2 Å². The summed E-state index contributed by atoms with van der Waals surface area (Å²) in [5.41, 5.74) is 3.25. The molecule has 0 aliphatic carbocycles. The van der Waals surface area contributed by atoms with Gasteiger partial charge in [-0.15, -0.1) is 23.5 Å². The van der Waals surface area contributed by atoms with Gasteiger partial charge in [-0.3, -0.25) is 0 Å². The quantitative estimate of drug-likeness (QED) is 0.0855. The molecule has 0 bridgehead atoms. The number of hydrogen-bond acceptors (Lipinski definition) is 6. The highest BCUT2D eigenvalue weighted by Gasteiger charge is 2.13. The largest absolute Gasteiger partial charge is 0.506 e. The first-order valence-electron chi connectivity index (χ1n) is 14.5. The lowest BCUT2D eigenvalue weighted by Crippen LogP contribution is -1.90. The molecule has 0 aliphatic heterocycles. The summed E-state index contributed by atoms with van der Waals surface area (Å²) in [5.74, 6) is 2.63.